The summed E-state index contributed by atoms with van der Waals surface area (Å²) >= 11 is 7.93. The van der Waals surface area contributed by atoms with Crippen molar-refractivity contribution in [2.45, 2.75) is 172 Å². The molecule has 10 N–H and O–H groups in total. The summed E-state index contributed by atoms with van der Waals surface area (Å²) in [6.07, 6.45) is -10.2. The monoisotopic (exact) mass is 1730 g/mol. The fourth-order valence-corrected chi connectivity index (χ4v) is 20.1. The van der Waals surface area contributed by atoms with Gasteiger partial charge in [0, 0.05) is 55.8 Å². The van der Waals surface area contributed by atoms with Gasteiger partial charge in [-0.2, -0.15) is 11.3 Å². The first-order chi connectivity index (χ1) is 51.3. The maximum Gasteiger partial charge on any atom is 0.499 e. The van der Waals surface area contributed by atoms with E-state index in [1.165, 1.54) is 88.9 Å². The van der Waals surface area contributed by atoms with Crippen LogP contribution in [0, 0.1) is 41.8 Å². The van der Waals surface area contributed by atoms with E-state index in [-0.39, 0.29) is 17.5 Å². The highest BCUT2D eigenvalue weighted by Gasteiger charge is 2.59. The van der Waals surface area contributed by atoms with Gasteiger partial charge in [-0.15, -0.1) is 34.0 Å². The molecule has 0 aliphatic carbocycles. The van der Waals surface area contributed by atoms with Crippen LogP contribution in [-0.4, -0.2) is 146 Å². The third-order valence-corrected chi connectivity index (χ3v) is 26.3. The molecule has 109 heavy (non-hydrogen) atoms. The summed E-state index contributed by atoms with van der Waals surface area (Å²) in [6.45, 7) is 26.4. The van der Waals surface area contributed by atoms with Gasteiger partial charge in [-0.1, -0.05) is 85.8 Å². The van der Waals surface area contributed by atoms with Gasteiger partial charge in [0.2, 0.25) is 11.6 Å². The number of thiophene rings is 4. The number of hydrogen-bond donors (Lipinski definition) is 10. The lowest BCUT2D eigenvalue weighted by Crippen LogP contribution is -2.68. The highest BCUT2D eigenvalue weighted by atomic mass is 127. The van der Waals surface area contributed by atoms with Gasteiger partial charge in [0.1, 0.15) is 72.4 Å². The number of halogens is 4. The standard InChI is InChI=1S/C34H51FO6SSi3.C25H27FO7S.C18H14FIOS.C4H5BO2S/c1-12-27-31(39-43(3,4)5)32(40-44(6,7)8)33(41-45(9,10)11)34(37,38-27)24-16-13-22(2)26(21-24)30(36)29-20-19-28(42-29)23-14-17-25(35)18-15-23;1-13-3-6-15(25(32-2)24(31)23(30)22(29)18(12-27)33-25)11-17(13)21(28)20-10-9-19(34-20)14-4-7-16(26)8-5-14;1-11-2-7-14(20)10-15(11)18(21)17-9-8-16(22-17)12-3-5-13(19)6-4-12;6-5(7)4-2-1-3-8-4/h13-21,27,30-33,36-37H,12H2,1-11H3;3-11,18,21-24,27-31H,12H2,1-2H3;2-10,18,21H,1H3;1-3,6-7H/t27-,30?,31-,32+,33-,34?;18-,21?,22-,23+,24-,25?;;/m11../s1. The predicted molar refractivity (Wildman–Crippen MR) is 444 cm³/mol. The topological polar surface area (TPSA) is 258 Å². The van der Waals surface area contributed by atoms with Crippen LogP contribution < -0.4 is 4.78 Å². The molecule has 584 valence electrons. The van der Waals surface area contributed by atoms with E-state index in [0.29, 0.717) is 38.3 Å². The minimum absolute atomic E-state index is 0.241. The Morgan fingerprint density at radius 3 is 1.29 bits per heavy atom. The number of benzene rings is 6. The largest absolute Gasteiger partial charge is 0.499 e. The van der Waals surface area contributed by atoms with Gasteiger partial charge in [-0.05, 0) is 261 Å². The first-order valence-corrected chi connectivity index (χ1v) is 50.2. The van der Waals surface area contributed by atoms with Gasteiger partial charge in [-0.3, -0.25) is 0 Å². The molecule has 10 aromatic rings. The molecule has 6 heterocycles. The molecule has 12 rings (SSSR count). The minimum atomic E-state index is -2.26. The van der Waals surface area contributed by atoms with Crippen LogP contribution in [0.3, 0.4) is 0 Å². The predicted octanol–water partition coefficient (Wildman–Crippen LogP) is 15.8. The first kappa shape index (κ1) is 87.7. The maximum absolute atomic E-state index is 13.5. The van der Waals surface area contributed by atoms with Crippen LogP contribution in [0.1, 0.15) is 90.8 Å². The number of aliphatic hydroxyl groups excluding tert-OH is 7. The van der Waals surface area contributed by atoms with Crippen molar-refractivity contribution in [1.82, 2.24) is 0 Å². The Morgan fingerprint density at radius 1 is 0.514 bits per heavy atom. The highest BCUT2D eigenvalue weighted by molar-refractivity contribution is 14.1. The molecule has 16 nitrogen and oxygen atoms in total. The van der Waals surface area contributed by atoms with Crippen molar-refractivity contribution in [3.63, 3.8) is 0 Å². The van der Waals surface area contributed by atoms with Gasteiger partial charge < -0.3 is 78.4 Å². The molecule has 28 heteroatoms. The second-order valence-electron chi connectivity index (χ2n) is 29.8. The number of hydrogen-bond acceptors (Lipinski definition) is 20. The van der Waals surface area contributed by atoms with Crippen LogP contribution in [0.2, 0.25) is 58.9 Å². The highest BCUT2D eigenvalue weighted by Crippen LogP contribution is 2.47. The van der Waals surface area contributed by atoms with Crippen molar-refractivity contribution in [3.05, 3.63) is 261 Å². The molecule has 0 saturated carbocycles. The smallest absolute Gasteiger partial charge is 0.423 e. The molecule has 2 saturated heterocycles. The number of rotatable bonds is 21. The number of ether oxygens (including phenoxy) is 3. The summed E-state index contributed by atoms with van der Waals surface area (Å²) in [7, 11) is -6.47. The van der Waals surface area contributed by atoms with Crippen LogP contribution in [0.15, 0.2) is 181 Å². The lowest BCUT2D eigenvalue weighted by atomic mass is 9.85. The van der Waals surface area contributed by atoms with Gasteiger partial charge in [0.05, 0.1) is 18.8 Å². The van der Waals surface area contributed by atoms with Crippen molar-refractivity contribution in [3.8, 4) is 31.3 Å². The van der Waals surface area contributed by atoms with Crippen LogP contribution >= 0.6 is 67.9 Å². The molecule has 2 fully saturated rings. The zero-order valence-electron chi connectivity index (χ0n) is 63.2. The van der Waals surface area contributed by atoms with Crippen molar-refractivity contribution < 1.29 is 91.6 Å². The summed E-state index contributed by atoms with van der Waals surface area (Å²) < 4.78 is 79.9. The van der Waals surface area contributed by atoms with Gasteiger partial charge >= 0.3 is 7.12 Å². The lowest BCUT2D eigenvalue weighted by Gasteiger charge is -2.54. The Morgan fingerprint density at radius 2 is 0.917 bits per heavy atom. The van der Waals surface area contributed by atoms with Gasteiger partial charge in [0.15, 0.2) is 25.0 Å². The van der Waals surface area contributed by atoms with E-state index < -0.39 is 117 Å². The van der Waals surface area contributed by atoms with E-state index in [4.69, 9.17) is 37.5 Å². The SMILES string of the molecule is CC[C@H]1OC(O)(c2ccc(C)c(C(O)c3ccc(-c4ccc(F)cc4)s3)c2)[C@H](O[Si](C)(C)C)[C@@H](O[Si](C)(C)C)[C@@H]1O[Si](C)(C)C.COC1(c2ccc(C)c(C(O)c3ccc(-c4ccc(F)cc4)s3)c2)O[C@H](CO)[C@@H](O)[C@H](O)[C@H]1O.Cc1ccc(I)cc1C(O)c1ccc(-c2ccc(F)cc2)s1.OB(O)c1cccs1. The van der Waals surface area contributed by atoms with E-state index in [2.05, 4.69) is 81.5 Å². The average molecular weight is 1730 g/mol. The molecule has 0 spiro atoms. The summed E-state index contributed by atoms with van der Waals surface area (Å²) in [6, 6.07) is 50.4. The van der Waals surface area contributed by atoms with Crippen LogP contribution in [0.5, 0.6) is 0 Å². The Bertz CT molecular complexity index is 4580. The van der Waals surface area contributed by atoms with Crippen LogP contribution in [-0.2, 0) is 39.1 Å². The van der Waals surface area contributed by atoms with E-state index in [0.717, 1.165) is 66.9 Å². The zero-order valence-corrected chi connectivity index (χ0v) is 71.7. The van der Waals surface area contributed by atoms with Gasteiger partial charge in [-0.25, -0.2) is 13.2 Å². The van der Waals surface area contributed by atoms with Crippen molar-refractivity contribution in [2.24, 2.45) is 0 Å². The molecular weight excluding hydrogens is 1640 g/mol. The second kappa shape index (κ2) is 37.3. The molecule has 6 aromatic carbocycles. The molecule has 0 amide bonds. The molecule has 5 unspecified atom stereocenters. The first-order valence-electron chi connectivity index (χ1n) is 35.6. The Labute approximate surface area is 669 Å². The number of aryl methyl sites for hydroxylation is 3. The van der Waals surface area contributed by atoms with Crippen molar-refractivity contribution >= 4 is 105 Å². The fourth-order valence-electron chi connectivity index (χ4n) is 12.7. The normalized spacial score (nSPS) is 22.4. The molecule has 0 bridgehead atoms. The fraction of sp³-hybridized carbons (Fsp3) is 0.358. The molecular formula is C81H97BF3IO16S4Si3. The summed E-state index contributed by atoms with van der Waals surface area (Å²) in [4.78, 5) is 5.11. The van der Waals surface area contributed by atoms with E-state index in [9.17, 15) is 54.0 Å². The summed E-state index contributed by atoms with van der Waals surface area (Å²) in [5.74, 6) is -4.57. The maximum atomic E-state index is 13.5. The summed E-state index contributed by atoms with van der Waals surface area (Å²) in [5, 5.41) is 106. The van der Waals surface area contributed by atoms with Crippen molar-refractivity contribution in [1.29, 1.82) is 0 Å². The lowest BCUT2D eigenvalue weighted by molar-refractivity contribution is -0.366. The Kier molecular flexibility index (Phi) is 30.0. The average Bonchev–Trinajstić information content (AvgIpc) is 1.15. The third-order valence-electron chi connectivity index (χ3n) is 18.2. The Hall–Kier alpha value is -5.28. The van der Waals surface area contributed by atoms with E-state index >= 15 is 0 Å². The molecule has 2 aliphatic heterocycles. The molecule has 0 radical (unpaired) electrons. The quantitative estimate of drug-likeness (QED) is 0.0237. The minimum Gasteiger partial charge on any atom is -0.423 e. The van der Waals surface area contributed by atoms with Crippen molar-refractivity contribution in [2.75, 3.05) is 13.7 Å². The Balaban J connectivity index is 0.000000187. The molecule has 2 aliphatic rings. The number of methoxy groups -OCH3 is 1. The molecule has 13 atom stereocenters. The van der Waals surface area contributed by atoms with Gasteiger partial charge in [0.25, 0.3) is 0 Å². The zero-order chi connectivity index (χ0) is 79.8. The van der Waals surface area contributed by atoms with Crippen LogP contribution in [0.25, 0.3) is 31.3 Å². The van der Waals surface area contributed by atoms with E-state index in [1.54, 1.807) is 78.2 Å². The van der Waals surface area contributed by atoms with Crippen LogP contribution in [0.4, 0.5) is 13.2 Å². The molecule has 4 aromatic heterocycles. The third kappa shape index (κ3) is 22.0. The number of aliphatic hydroxyl groups is 8. The second-order valence-corrected chi connectivity index (χ2v) is 48.8. The van der Waals surface area contributed by atoms with E-state index in [1.807, 2.05) is 94.4 Å². The summed E-state index contributed by atoms with van der Waals surface area (Å²) in [5.41, 5.74) is 8.34.